The maximum atomic E-state index is 5.14. The highest BCUT2D eigenvalue weighted by Gasteiger charge is 2.25. The summed E-state index contributed by atoms with van der Waals surface area (Å²) in [7, 11) is 0. The Hall–Kier alpha value is -1.64. The second kappa shape index (κ2) is 9.74. The zero-order valence-corrected chi connectivity index (χ0v) is 17.1. The second-order valence-electron chi connectivity index (χ2n) is 6.20. The Morgan fingerprint density at radius 3 is 2.84 bits per heavy atom. The maximum Gasteiger partial charge on any atom is 0.248 e. The van der Waals surface area contributed by atoms with Crippen molar-refractivity contribution in [3.05, 3.63) is 47.6 Å². The van der Waals surface area contributed by atoms with Crippen LogP contribution in [0.4, 0.5) is 0 Å². The van der Waals surface area contributed by atoms with Gasteiger partial charge < -0.3 is 14.7 Å². The Morgan fingerprint density at radius 2 is 2.16 bits per heavy atom. The lowest BCUT2D eigenvalue weighted by atomic mass is 9.99. The van der Waals surface area contributed by atoms with E-state index >= 15 is 0 Å². The number of nitrogens with one attached hydrogen (secondary N) is 1. The molecule has 1 aromatic carbocycles. The number of hydrogen-bond acceptors (Lipinski definition) is 4. The lowest BCUT2D eigenvalue weighted by Gasteiger charge is -2.21. The maximum absolute atomic E-state index is 5.14. The largest absolute Gasteiger partial charge is 0.357 e. The second-order valence-corrected chi connectivity index (χ2v) is 6.20. The Morgan fingerprint density at radius 1 is 1.36 bits per heavy atom. The van der Waals surface area contributed by atoms with E-state index in [0.29, 0.717) is 24.2 Å². The van der Waals surface area contributed by atoms with Gasteiger partial charge in [0.05, 0.1) is 0 Å². The Kier molecular flexibility index (Phi) is 7.67. The number of hydrogen-bond donors (Lipinski definition) is 1. The number of halogens is 1. The van der Waals surface area contributed by atoms with Gasteiger partial charge in [0.25, 0.3) is 0 Å². The molecule has 6 nitrogen and oxygen atoms in total. The van der Waals surface area contributed by atoms with Gasteiger partial charge in [0.2, 0.25) is 5.89 Å². The van der Waals surface area contributed by atoms with E-state index < -0.39 is 0 Å². The van der Waals surface area contributed by atoms with Crippen LogP contribution in [-0.2, 0) is 13.0 Å². The van der Waals surface area contributed by atoms with Gasteiger partial charge in [-0.15, -0.1) is 24.0 Å². The molecular formula is C18H26IN5O. The standard InChI is InChI=1S/C18H25N5O.HI/c1-3-19-18(20-12-17-21-14(2)22-24-17)23-10-9-16(13-23)11-15-7-5-4-6-8-15;/h4-8,16H,3,9-13H2,1-2H3,(H,19,20);1H. The molecule has 1 aliphatic heterocycles. The van der Waals surface area contributed by atoms with Crippen LogP contribution >= 0.6 is 24.0 Å². The normalized spacial score (nSPS) is 17.4. The SMILES string of the molecule is CCNC(=NCc1nc(C)no1)N1CCC(Cc2ccccc2)C1.I. The monoisotopic (exact) mass is 455 g/mol. The number of aliphatic imine (C=N–C) groups is 1. The third kappa shape index (κ3) is 5.69. The van der Waals surface area contributed by atoms with Crippen LogP contribution < -0.4 is 5.32 Å². The first-order valence-corrected chi connectivity index (χ1v) is 8.61. The highest BCUT2D eigenvalue weighted by molar-refractivity contribution is 14.0. The fraction of sp³-hybridized carbons (Fsp3) is 0.500. The van der Waals surface area contributed by atoms with Crippen molar-refractivity contribution >= 4 is 29.9 Å². The highest BCUT2D eigenvalue weighted by atomic mass is 127. The van der Waals surface area contributed by atoms with E-state index in [-0.39, 0.29) is 24.0 Å². The molecule has 2 heterocycles. The lowest BCUT2D eigenvalue weighted by Crippen LogP contribution is -2.40. The molecule has 0 saturated carbocycles. The van der Waals surface area contributed by atoms with Crippen molar-refractivity contribution in [2.75, 3.05) is 19.6 Å². The molecule has 1 saturated heterocycles. The van der Waals surface area contributed by atoms with Crippen molar-refractivity contribution in [2.24, 2.45) is 10.9 Å². The van der Waals surface area contributed by atoms with Crippen molar-refractivity contribution in [1.29, 1.82) is 0 Å². The number of nitrogens with zero attached hydrogens (tertiary/aromatic N) is 4. The van der Waals surface area contributed by atoms with E-state index in [2.05, 4.69) is 62.6 Å². The van der Waals surface area contributed by atoms with Crippen LogP contribution in [0.3, 0.4) is 0 Å². The van der Waals surface area contributed by atoms with Crippen LogP contribution in [0.25, 0.3) is 0 Å². The average Bonchev–Trinajstić information content (AvgIpc) is 3.22. The van der Waals surface area contributed by atoms with Gasteiger partial charge in [-0.2, -0.15) is 4.98 Å². The van der Waals surface area contributed by atoms with Gasteiger partial charge >= 0.3 is 0 Å². The van der Waals surface area contributed by atoms with Crippen molar-refractivity contribution in [1.82, 2.24) is 20.4 Å². The summed E-state index contributed by atoms with van der Waals surface area (Å²) >= 11 is 0. The summed E-state index contributed by atoms with van der Waals surface area (Å²) in [4.78, 5) is 11.2. The third-order valence-corrected chi connectivity index (χ3v) is 4.22. The smallest absolute Gasteiger partial charge is 0.248 e. The van der Waals surface area contributed by atoms with Gasteiger partial charge in [-0.25, -0.2) is 4.99 Å². The Bertz CT molecular complexity index is 673. The van der Waals surface area contributed by atoms with Gasteiger partial charge in [-0.1, -0.05) is 35.5 Å². The minimum absolute atomic E-state index is 0. The van der Waals surface area contributed by atoms with E-state index in [1.54, 1.807) is 0 Å². The summed E-state index contributed by atoms with van der Waals surface area (Å²) < 4.78 is 5.14. The quantitative estimate of drug-likeness (QED) is 0.427. The molecule has 1 fully saturated rings. The van der Waals surface area contributed by atoms with Crippen molar-refractivity contribution in [2.45, 2.75) is 33.2 Å². The number of benzene rings is 1. The number of aryl methyl sites for hydroxylation is 1. The van der Waals surface area contributed by atoms with Gasteiger partial charge in [0, 0.05) is 19.6 Å². The molecular weight excluding hydrogens is 429 g/mol. The molecule has 3 rings (SSSR count). The van der Waals surface area contributed by atoms with Gasteiger partial charge in [-0.05, 0) is 38.2 Å². The molecule has 1 N–H and O–H groups in total. The lowest BCUT2D eigenvalue weighted by molar-refractivity contribution is 0.375. The molecule has 0 radical (unpaired) electrons. The summed E-state index contributed by atoms with van der Waals surface area (Å²) in [5.41, 5.74) is 1.41. The fourth-order valence-electron chi connectivity index (χ4n) is 3.11. The molecule has 136 valence electrons. The first kappa shape index (κ1) is 19.7. The molecule has 1 unspecified atom stereocenters. The summed E-state index contributed by atoms with van der Waals surface area (Å²) in [6, 6.07) is 10.7. The fourth-order valence-corrected chi connectivity index (χ4v) is 3.11. The Labute approximate surface area is 166 Å². The van der Waals surface area contributed by atoms with Gasteiger partial charge in [-0.3, -0.25) is 0 Å². The van der Waals surface area contributed by atoms with E-state index in [9.17, 15) is 0 Å². The minimum Gasteiger partial charge on any atom is -0.357 e. The molecule has 25 heavy (non-hydrogen) atoms. The molecule has 1 atom stereocenters. The molecule has 1 aliphatic rings. The number of rotatable bonds is 5. The molecule has 0 amide bonds. The van der Waals surface area contributed by atoms with E-state index in [4.69, 9.17) is 4.52 Å². The van der Waals surface area contributed by atoms with Crippen molar-refractivity contribution < 1.29 is 4.52 Å². The van der Waals surface area contributed by atoms with Gasteiger partial charge in [0.1, 0.15) is 6.54 Å². The van der Waals surface area contributed by atoms with E-state index in [1.807, 2.05) is 6.92 Å². The molecule has 0 spiro atoms. The zero-order chi connectivity index (χ0) is 16.8. The summed E-state index contributed by atoms with van der Waals surface area (Å²) in [6.45, 7) is 7.24. The topological polar surface area (TPSA) is 66.5 Å². The predicted molar refractivity (Wildman–Crippen MR) is 109 cm³/mol. The number of aromatic nitrogens is 2. The van der Waals surface area contributed by atoms with Crippen LogP contribution in [0.2, 0.25) is 0 Å². The Balaban J connectivity index is 0.00000225. The average molecular weight is 455 g/mol. The summed E-state index contributed by atoms with van der Waals surface area (Å²) in [6.07, 6.45) is 2.32. The zero-order valence-electron chi connectivity index (χ0n) is 14.8. The van der Waals surface area contributed by atoms with Crippen molar-refractivity contribution in [3.8, 4) is 0 Å². The molecule has 7 heteroatoms. The third-order valence-electron chi connectivity index (χ3n) is 4.22. The van der Waals surface area contributed by atoms with E-state index in [0.717, 1.165) is 32.0 Å². The van der Waals surface area contributed by atoms with E-state index in [1.165, 1.54) is 12.0 Å². The van der Waals surface area contributed by atoms with Crippen LogP contribution in [-0.4, -0.2) is 40.6 Å². The first-order chi connectivity index (χ1) is 11.7. The molecule has 0 bridgehead atoms. The van der Waals surface area contributed by atoms with Crippen LogP contribution in [0.1, 0.15) is 30.6 Å². The molecule has 0 aliphatic carbocycles. The minimum atomic E-state index is 0. The summed E-state index contributed by atoms with van der Waals surface area (Å²) in [5, 5.41) is 7.18. The van der Waals surface area contributed by atoms with Crippen molar-refractivity contribution in [3.63, 3.8) is 0 Å². The van der Waals surface area contributed by atoms with Crippen LogP contribution in [0.5, 0.6) is 0 Å². The van der Waals surface area contributed by atoms with Crippen LogP contribution in [0, 0.1) is 12.8 Å². The first-order valence-electron chi connectivity index (χ1n) is 8.61. The number of likely N-dealkylation sites (tertiary alicyclic amines) is 1. The highest BCUT2D eigenvalue weighted by Crippen LogP contribution is 2.21. The van der Waals surface area contributed by atoms with Crippen LogP contribution in [0.15, 0.2) is 39.8 Å². The van der Waals surface area contributed by atoms with Gasteiger partial charge in [0.15, 0.2) is 11.8 Å². The molecule has 1 aromatic heterocycles. The molecule has 2 aromatic rings. The summed E-state index contributed by atoms with van der Waals surface area (Å²) in [5.74, 6) is 2.81. The number of guanidine groups is 1. The predicted octanol–water partition coefficient (Wildman–Crippen LogP) is 3.03.